The number of alkyl halides is 4. The van der Waals surface area contributed by atoms with Gasteiger partial charge in [0.1, 0.15) is 0 Å². The van der Waals surface area contributed by atoms with Crippen LogP contribution in [0.4, 0.5) is 18.9 Å². The first-order chi connectivity index (χ1) is 8.25. The van der Waals surface area contributed by atoms with Crippen molar-refractivity contribution in [2.24, 2.45) is 0 Å². The highest BCUT2D eigenvalue weighted by molar-refractivity contribution is 6.31. The number of anilines is 1. The van der Waals surface area contributed by atoms with E-state index >= 15 is 0 Å². The van der Waals surface area contributed by atoms with E-state index in [1.54, 1.807) is 18.3 Å². The molecule has 0 atom stereocenters. The lowest BCUT2D eigenvalue weighted by molar-refractivity contribution is -0.167. The molecule has 0 radical (unpaired) electrons. The first kappa shape index (κ1) is 14.5. The number of hydrogen-bond acceptors (Lipinski definition) is 2. The van der Waals surface area contributed by atoms with Crippen molar-refractivity contribution in [2.75, 3.05) is 11.2 Å². The Kier molecular flexibility index (Phi) is 4.34. The first-order valence-corrected chi connectivity index (χ1v) is 5.37. The zero-order valence-electron chi connectivity index (χ0n) is 9.27. The van der Waals surface area contributed by atoms with Crippen LogP contribution < -0.4 is 5.32 Å². The van der Waals surface area contributed by atoms with Gasteiger partial charge in [-0.15, -0.1) is 11.6 Å². The fourth-order valence-corrected chi connectivity index (χ4v) is 1.41. The van der Waals surface area contributed by atoms with E-state index < -0.39 is 17.9 Å². The van der Waals surface area contributed by atoms with E-state index in [-0.39, 0.29) is 17.1 Å². The lowest BCUT2D eigenvalue weighted by Gasteiger charge is -2.12. The molecule has 0 fully saturated rings. The lowest BCUT2D eigenvalue weighted by Crippen LogP contribution is -2.30. The Morgan fingerprint density at radius 1 is 1.33 bits per heavy atom. The third-order valence-corrected chi connectivity index (χ3v) is 2.35. The number of carbonyl (C=O) groups excluding carboxylic acids is 2. The summed E-state index contributed by atoms with van der Waals surface area (Å²) in [5, 5.41) is 1.66. The zero-order chi connectivity index (χ0) is 13.9. The molecule has 1 aromatic rings. The molecule has 98 valence electrons. The monoisotopic (exact) mass is 279 g/mol. The Bertz CT molecular complexity index is 486. The minimum Gasteiger partial charge on any atom is -0.318 e. The molecule has 7 heteroatoms. The number of amides is 1. The number of hydrogen-bond donors (Lipinski definition) is 1. The summed E-state index contributed by atoms with van der Waals surface area (Å²) in [6, 6.07) is 4.15. The van der Waals surface area contributed by atoms with Crippen LogP contribution in [0, 0.1) is 6.92 Å². The zero-order valence-corrected chi connectivity index (χ0v) is 10.0. The molecule has 0 aliphatic carbocycles. The second kappa shape index (κ2) is 5.39. The van der Waals surface area contributed by atoms with Gasteiger partial charge < -0.3 is 5.32 Å². The van der Waals surface area contributed by atoms with E-state index in [1.165, 1.54) is 12.1 Å². The molecular formula is C11H9ClF3NO2. The van der Waals surface area contributed by atoms with E-state index in [9.17, 15) is 22.8 Å². The van der Waals surface area contributed by atoms with Crippen molar-refractivity contribution in [3.63, 3.8) is 0 Å². The minimum atomic E-state index is -5.01. The van der Waals surface area contributed by atoms with Crippen LogP contribution in [-0.2, 0) is 4.79 Å². The Morgan fingerprint density at radius 2 is 1.94 bits per heavy atom. The summed E-state index contributed by atoms with van der Waals surface area (Å²) < 4.78 is 36.4. The smallest absolute Gasteiger partial charge is 0.318 e. The fourth-order valence-electron chi connectivity index (χ4n) is 1.27. The molecule has 0 unspecified atom stereocenters. The summed E-state index contributed by atoms with van der Waals surface area (Å²) >= 11 is 5.34. The predicted molar refractivity (Wildman–Crippen MR) is 60.9 cm³/mol. The second-order valence-electron chi connectivity index (χ2n) is 3.56. The lowest BCUT2D eigenvalue weighted by atomic mass is 10.1. The van der Waals surface area contributed by atoms with Crippen LogP contribution in [0.3, 0.4) is 0 Å². The molecule has 1 amide bonds. The average Bonchev–Trinajstić information content (AvgIpc) is 2.27. The van der Waals surface area contributed by atoms with Gasteiger partial charge in [0.2, 0.25) is 0 Å². The molecule has 0 bridgehead atoms. The van der Waals surface area contributed by atoms with Crippen LogP contribution in [0.15, 0.2) is 18.2 Å². The van der Waals surface area contributed by atoms with Crippen LogP contribution in [-0.4, -0.2) is 23.7 Å². The number of benzene rings is 1. The number of carbonyl (C=O) groups is 2. The Hall–Kier alpha value is -1.56. The van der Waals surface area contributed by atoms with Gasteiger partial charge in [-0.2, -0.15) is 13.2 Å². The standard InChI is InChI=1S/C11H9ClF3NO2/c1-6-2-3-7(9(17)5-12)8(4-6)16-10(18)11(13,14)15/h2-4H,5H2,1H3,(H,16,18). The van der Waals surface area contributed by atoms with Crippen LogP contribution >= 0.6 is 11.6 Å². The highest BCUT2D eigenvalue weighted by atomic mass is 35.5. The maximum Gasteiger partial charge on any atom is 0.471 e. The molecule has 0 saturated carbocycles. The molecule has 1 N–H and O–H groups in total. The van der Waals surface area contributed by atoms with Crippen molar-refractivity contribution >= 4 is 29.0 Å². The van der Waals surface area contributed by atoms with Gasteiger partial charge in [-0.1, -0.05) is 6.07 Å². The van der Waals surface area contributed by atoms with Gasteiger partial charge in [-0.25, -0.2) is 0 Å². The highest BCUT2D eigenvalue weighted by Crippen LogP contribution is 2.22. The van der Waals surface area contributed by atoms with E-state index in [4.69, 9.17) is 11.6 Å². The van der Waals surface area contributed by atoms with Crippen molar-refractivity contribution in [1.29, 1.82) is 0 Å². The van der Waals surface area contributed by atoms with Gasteiger partial charge in [-0.05, 0) is 24.6 Å². The van der Waals surface area contributed by atoms with Crippen LogP contribution in [0.1, 0.15) is 15.9 Å². The third kappa shape index (κ3) is 3.46. The summed E-state index contributed by atoms with van der Waals surface area (Å²) in [6.45, 7) is 1.62. The number of aryl methyl sites for hydroxylation is 1. The summed E-state index contributed by atoms with van der Waals surface area (Å²) in [7, 11) is 0. The predicted octanol–water partition coefficient (Wildman–Crippen LogP) is 2.92. The molecule has 1 rings (SSSR count). The minimum absolute atomic E-state index is 0.0480. The van der Waals surface area contributed by atoms with E-state index in [0.717, 1.165) is 0 Å². The molecule has 0 heterocycles. The topological polar surface area (TPSA) is 46.2 Å². The van der Waals surface area contributed by atoms with Gasteiger partial charge in [0, 0.05) is 5.56 Å². The van der Waals surface area contributed by atoms with Gasteiger partial charge in [0.25, 0.3) is 0 Å². The van der Waals surface area contributed by atoms with Crippen molar-refractivity contribution in [2.45, 2.75) is 13.1 Å². The molecule has 0 spiro atoms. The first-order valence-electron chi connectivity index (χ1n) is 4.83. The number of Topliss-reactive ketones (excluding diaryl/α,β-unsaturated/α-hetero) is 1. The molecule has 3 nitrogen and oxygen atoms in total. The van der Waals surface area contributed by atoms with Crippen LogP contribution in [0.25, 0.3) is 0 Å². The van der Waals surface area contributed by atoms with Gasteiger partial charge in [0.15, 0.2) is 5.78 Å². The third-order valence-electron chi connectivity index (χ3n) is 2.10. The summed E-state index contributed by atoms with van der Waals surface area (Å²) in [5.74, 6) is -3.07. The van der Waals surface area contributed by atoms with Crippen LogP contribution in [0.5, 0.6) is 0 Å². The molecule has 0 aliphatic rings. The average molecular weight is 280 g/mol. The molecule has 0 saturated heterocycles. The number of ketones is 1. The SMILES string of the molecule is Cc1ccc(C(=O)CCl)c(NC(=O)C(F)(F)F)c1. The Morgan fingerprint density at radius 3 is 2.44 bits per heavy atom. The highest BCUT2D eigenvalue weighted by Gasteiger charge is 2.39. The quantitative estimate of drug-likeness (QED) is 0.683. The summed E-state index contributed by atoms with van der Waals surface area (Å²) in [5.41, 5.74) is 0.370. The molecule has 0 aromatic heterocycles. The second-order valence-corrected chi connectivity index (χ2v) is 3.82. The van der Waals surface area contributed by atoms with E-state index in [0.29, 0.717) is 5.56 Å². The number of rotatable bonds is 3. The largest absolute Gasteiger partial charge is 0.471 e. The van der Waals surface area contributed by atoms with Crippen molar-refractivity contribution < 1.29 is 22.8 Å². The molecule has 0 aliphatic heterocycles. The Balaban J connectivity index is 3.11. The fraction of sp³-hybridized carbons (Fsp3) is 0.273. The van der Waals surface area contributed by atoms with Crippen molar-refractivity contribution in [3.05, 3.63) is 29.3 Å². The van der Waals surface area contributed by atoms with Crippen LogP contribution in [0.2, 0.25) is 0 Å². The number of nitrogens with one attached hydrogen (secondary N) is 1. The normalized spacial score (nSPS) is 11.2. The Labute approximate surface area is 106 Å². The molecular weight excluding hydrogens is 271 g/mol. The van der Waals surface area contributed by atoms with Gasteiger partial charge >= 0.3 is 12.1 Å². The maximum atomic E-state index is 12.1. The molecule has 1 aromatic carbocycles. The summed E-state index contributed by atoms with van der Waals surface area (Å²) in [6.07, 6.45) is -5.01. The summed E-state index contributed by atoms with van der Waals surface area (Å²) in [4.78, 5) is 22.2. The maximum absolute atomic E-state index is 12.1. The van der Waals surface area contributed by atoms with E-state index in [1.807, 2.05) is 0 Å². The molecule has 18 heavy (non-hydrogen) atoms. The van der Waals surface area contributed by atoms with E-state index in [2.05, 4.69) is 0 Å². The van der Waals surface area contributed by atoms with Crippen molar-refractivity contribution in [3.8, 4) is 0 Å². The van der Waals surface area contributed by atoms with Gasteiger partial charge in [-0.3, -0.25) is 9.59 Å². The van der Waals surface area contributed by atoms with Crippen molar-refractivity contribution in [1.82, 2.24) is 0 Å². The van der Waals surface area contributed by atoms with Gasteiger partial charge in [0.05, 0.1) is 11.6 Å². The number of halogens is 4.